The molecule has 0 spiro atoms. The summed E-state index contributed by atoms with van der Waals surface area (Å²) in [5, 5.41) is 3.15. The zero-order valence-corrected chi connectivity index (χ0v) is 14.6. The van der Waals surface area contributed by atoms with Crippen molar-refractivity contribution in [2.45, 2.75) is 57.7 Å². The molecule has 0 saturated carbocycles. The Morgan fingerprint density at radius 3 is 2.43 bits per heavy atom. The van der Waals surface area contributed by atoms with Gasteiger partial charge in [0.2, 0.25) is 0 Å². The van der Waals surface area contributed by atoms with Gasteiger partial charge in [0.1, 0.15) is 5.54 Å². The Morgan fingerprint density at radius 2 is 2.00 bits per heavy atom. The Morgan fingerprint density at radius 1 is 1.43 bits per heavy atom. The highest BCUT2D eigenvalue weighted by atomic mass is 16.5. The first-order valence-electron chi connectivity index (χ1n) is 8.10. The maximum atomic E-state index is 12.1. The number of ether oxygens (including phenoxy) is 1. The largest absolute Gasteiger partial charge is 0.465 e. The van der Waals surface area contributed by atoms with Crippen LogP contribution in [-0.4, -0.2) is 74.2 Å². The minimum atomic E-state index is -0.603. The van der Waals surface area contributed by atoms with Crippen molar-refractivity contribution in [3.05, 3.63) is 0 Å². The molecule has 2 atom stereocenters. The SMILES string of the molecule is CCOC(=O)C(C)(CC(C)N1CCC(N(C)C)CC1)NC. The van der Waals surface area contributed by atoms with Crippen LogP contribution in [0.1, 0.15) is 40.0 Å². The lowest BCUT2D eigenvalue weighted by molar-refractivity contribution is -0.151. The summed E-state index contributed by atoms with van der Waals surface area (Å²) in [6.07, 6.45) is 3.18. The van der Waals surface area contributed by atoms with Crippen LogP contribution in [0.3, 0.4) is 0 Å². The number of esters is 1. The van der Waals surface area contributed by atoms with Gasteiger partial charge in [-0.15, -0.1) is 0 Å². The molecule has 0 aromatic heterocycles. The fourth-order valence-corrected chi connectivity index (χ4v) is 3.14. The van der Waals surface area contributed by atoms with Crippen molar-refractivity contribution in [2.75, 3.05) is 40.8 Å². The van der Waals surface area contributed by atoms with Gasteiger partial charge >= 0.3 is 5.97 Å². The molecule has 1 aliphatic heterocycles. The van der Waals surface area contributed by atoms with E-state index in [0.717, 1.165) is 19.5 Å². The lowest BCUT2D eigenvalue weighted by atomic mass is 9.91. The van der Waals surface area contributed by atoms with Crippen molar-refractivity contribution in [3.63, 3.8) is 0 Å². The zero-order valence-electron chi connectivity index (χ0n) is 14.6. The second-order valence-corrected chi connectivity index (χ2v) is 6.59. The van der Waals surface area contributed by atoms with Crippen LogP contribution in [0.15, 0.2) is 0 Å². The molecule has 0 aromatic carbocycles. The van der Waals surface area contributed by atoms with Gasteiger partial charge in [0.25, 0.3) is 0 Å². The first-order valence-corrected chi connectivity index (χ1v) is 8.10. The standard InChI is InChI=1S/C16H33N3O2/c1-7-21-15(20)16(3,17-4)12-13(2)19-10-8-14(9-11-19)18(5)6/h13-14,17H,7-12H2,1-6H3. The van der Waals surface area contributed by atoms with E-state index in [9.17, 15) is 4.79 Å². The molecular formula is C16H33N3O2. The molecule has 1 rings (SSSR count). The molecular weight excluding hydrogens is 266 g/mol. The van der Waals surface area contributed by atoms with Crippen LogP contribution in [0.25, 0.3) is 0 Å². The molecule has 0 aliphatic carbocycles. The van der Waals surface area contributed by atoms with Crippen LogP contribution >= 0.6 is 0 Å². The van der Waals surface area contributed by atoms with E-state index >= 15 is 0 Å². The van der Waals surface area contributed by atoms with Gasteiger partial charge in [0.05, 0.1) is 6.61 Å². The third-order valence-electron chi connectivity index (χ3n) is 4.83. The third-order valence-corrected chi connectivity index (χ3v) is 4.83. The summed E-state index contributed by atoms with van der Waals surface area (Å²) in [5.74, 6) is -0.150. The summed E-state index contributed by atoms with van der Waals surface area (Å²) in [5.41, 5.74) is -0.603. The van der Waals surface area contributed by atoms with E-state index in [-0.39, 0.29) is 5.97 Å². The maximum absolute atomic E-state index is 12.1. The summed E-state index contributed by atoms with van der Waals surface area (Å²) in [6, 6.07) is 1.06. The summed E-state index contributed by atoms with van der Waals surface area (Å²) < 4.78 is 5.21. The molecule has 1 saturated heterocycles. The Hall–Kier alpha value is -0.650. The van der Waals surface area contributed by atoms with Gasteiger partial charge in [-0.25, -0.2) is 0 Å². The van der Waals surface area contributed by atoms with E-state index in [1.807, 2.05) is 20.9 Å². The smallest absolute Gasteiger partial charge is 0.326 e. The Balaban J connectivity index is 2.55. The van der Waals surface area contributed by atoms with Crippen molar-refractivity contribution in [2.24, 2.45) is 0 Å². The molecule has 1 aliphatic rings. The van der Waals surface area contributed by atoms with Crippen LogP contribution in [0.2, 0.25) is 0 Å². The minimum absolute atomic E-state index is 0.150. The number of likely N-dealkylation sites (tertiary alicyclic amines) is 1. The second-order valence-electron chi connectivity index (χ2n) is 6.59. The van der Waals surface area contributed by atoms with Gasteiger partial charge in [0, 0.05) is 12.1 Å². The maximum Gasteiger partial charge on any atom is 0.326 e. The fraction of sp³-hybridized carbons (Fsp3) is 0.938. The van der Waals surface area contributed by atoms with E-state index < -0.39 is 5.54 Å². The number of rotatable bonds is 7. The molecule has 0 radical (unpaired) electrons. The number of nitrogens with one attached hydrogen (secondary N) is 1. The van der Waals surface area contributed by atoms with Crippen molar-refractivity contribution in [1.82, 2.24) is 15.1 Å². The van der Waals surface area contributed by atoms with Crippen molar-refractivity contribution >= 4 is 5.97 Å². The number of carbonyl (C=O) groups excluding carboxylic acids is 1. The fourth-order valence-electron chi connectivity index (χ4n) is 3.14. The van der Waals surface area contributed by atoms with E-state index in [2.05, 4.69) is 36.1 Å². The first kappa shape index (κ1) is 18.4. The van der Waals surface area contributed by atoms with Gasteiger partial charge < -0.3 is 19.9 Å². The first-order chi connectivity index (χ1) is 9.84. The predicted molar refractivity (Wildman–Crippen MR) is 86.5 cm³/mol. The van der Waals surface area contributed by atoms with Crippen molar-refractivity contribution in [1.29, 1.82) is 0 Å². The molecule has 0 bridgehead atoms. The molecule has 0 aromatic rings. The average molecular weight is 299 g/mol. The van der Waals surface area contributed by atoms with E-state index in [4.69, 9.17) is 4.74 Å². The highest BCUT2D eigenvalue weighted by Crippen LogP contribution is 2.22. The Kier molecular flexibility index (Phi) is 7.10. The van der Waals surface area contributed by atoms with Crippen molar-refractivity contribution < 1.29 is 9.53 Å². The topological polar surface area (TPSA) is 44.8 Å². The quantitative estimate of drug-likeness (QED) is 0.719. The number of hydrogen-bond donors (Lipinski definition) is 1. The molecule has 21 heavy (non-hydrogen) atoms. The number of likely N-dealkylation sites (N-methyl/N-ethyl adjacent to an activating group) is 1. The van der Waals surface area contributed by atoms with Crippen LogP contribution in [0, 0.1) is 0 Å². The number of piperidine rings is 1. The van der Waals surface area contributed by atoms with E-state index in [1.54, 1.807) is 0 Å². The molecule has 5 nitrogen and oxygen atoms in total. The molecule has 1 N–H and O–H groups in total. The highest BCUT2D eigenvalue weighted by Gasteiger charge is 2.36. The van der Waals surface area contributed by atoms with Gasteiger partial charge in [-0.3, -0.25) is 4.79 Å². The Bertz CT molecular complexity index is 327. The highest BCUT2D eigenvalue weighted by molar-refractivity contribution is 5.80. The molecule has 2 unspecified atom stereocenters. The second kappa shape index (κ2) is 8.11. The Labute approximate surface area is 130 Å². The number of hydrogen-bond acceptors (Lipinski definition) is 5. The summed E-state index contributed by atoms with van der Waals surface area (Å²) in [6.45, 7) is 8.64. The molecule has 0 amide bonds. The number of carbonyl (C=O) groups is 1. The van der Waals surface area contributed by atoms with Gasteiger partial charge in [-0.1, -0.05) is 0 Å². The van der Waals surface area contributed by atoms with E-state index in [1.165, 1.54) is 12.8 Å². The van der Waals surface area contributed by atoms with E-state index in [0.29, 0.717) is 18.7 Å². The van der Waals surface area contributed by atoms with Crippen LogP contribution in [0.4, 0.5) is 0 Å². The normalized spacial score (nSPS) is 22.0. The van der Waals surface area contributed by atoms with Gasteiger partial charge in [-0.05, 0) is 74.3 Å². The van der Waals surface area contributed by atoms with Crippen molar-refractivity contribution in [3.8, 4) is 0 Å². The predicted octanol–water partition coefficient (Wildman–Crippen LogP) is 1.33. The molecule has 1 fully saturated rings. The van der Waals surface area contributed by atoms with Crippen LogP contribution < -0.4 is 5.32 Å². The summed E-state index contributed by atoms with van der Waals surface area (Å²) in [7, 11) is 6.15. The minimum Gasteiger partial charge on any atom is -0.465 e. The third kappa shape index (κ3) is 4.94. The summed E-state index contributed by atoms with van der Waals surface area (Å²) in [4.78, 5) is 17.0. The lowest BCUT2D eigenvalue weighted by Crippen LogP contribution is -2.54. The molecule has 5 heteroatoms. The average Bonchev–Trinajstić information content (AvgIpc) is 2.47. The number of nitrogens with zero attached hydrogens (tertiary/aromatic N) is 2. The lowest BCUT2D eigenvalue weighted by Gasteiger charge is -2.40. The van der Waals surface area contributed by atoms with Gasteiger partial charge in [0.15, 0.2) is 0 Å². The molecule has 1 heterocycles. The molecule has 124 valence electrons. The monoisotopic (exact) mass is 299 g/mol. The zero-order chi connectivity index (χ0) is 16.0. The van der Waals surface area contributed by atoms with Crippen LogP contribution in [0.5, 0.6) is 0 Å². The van der Waals surface area contributed by atoms with Gasteiger partial charge in [-0.2, -0.15) is 0 Å². The van der Waals surface area contributed by atoms with Crippen LogP contribution in [-0.2, 0) is 9.53 Å². The summed E-state index contributed by atoms with van der Waals surface area (Å²) >= 11 is 0.